The molecule has 2 aromatic rings. The van der Waals surface area contributed by atoms with Crippen LogP contribution in [0, 0.1) is 13.8 Å². The van der Waals surface area contributed by atoms with Gasteiger partial charge in [0.25, 0.3) is 0 Å². The first kappa shape index (κ1) is 23.0. The second-order valence-corrected chi connectivity index (χ2v) is 10.5. The number of piperazine rings is 1. The quantitative estimate of drug-likeness (QED) is 0.710. The van der Waals surface area contributed by atoms with E-state index in [0.717, 1.165) is 11.1 Å². The normalized spacial score (nSPS) is 15.6. The number of amides is 1. The van der Waals surface area contributed by atoms with Crippen molar-refractivity contribution in [2.45, 2.75) is 45.1 Å². The first-order valence-electron chi connectivity index (χ1n) is 10.1. The number of rotatable bonds is 4. The largest absolute Gasteiger partial charge is 0.456 e. The van der Waals surface area contributed by atoms with Gasteiger partial charge in [-0.25, -0.2) is 13.2 Å². The summed E-state index contributed by atoms with van der Waals surface area (Å²) in [6, 6.07) is 7.26. The zero-order chi connectivity index (χ0) is 22.8. The third-order valence-corrected chi connectivity index (χ3v) is 6.59. The molecule has 8 nitrogen and oxygen atoms in total. The summed E-state index contributed by atoms with van der Waals surface area (Å²) < 4.78 is 39.3. The molecule has 0 saturated carbocycles. The number of sulfonamides is 1. The third kappa shape index (κ3) is 5.74. The fourth-order valence-corrected chi connectivity index (χ4v) is 4.82. The minimum Gasteiger partial charge on any atom is -0.456 e. The Hall–Kier alpha value is -2.65. The molecule has 0 atom stereocenters. The second kappa shape index (κ2) is 8.84. The van der Waals surface area contributed by atoms with E-state index < -0.39 is 21.7 Å². The van der Waals surface area contributed by atoms with E-state index in [1.807, 2.05) is 32.0 Å². The van der Waals surface area contributed by atoms with Gasteiger partial charge in [0.05, 0.1) is 6.20 Å². The van der Waals surface area contributed by atoms with Crippen LogP contribution in [-0.4, -0.2) is 60.5 Å². The average molecular weight is 448 g/mol. The maximum Gasteiger partial charge on any atom is 0.410 e. The summed E-state index contributed by atoms with van der Waals surface area (Å²) in [6.45, 7) is 10.1. The number of carbonyl (C=O) groups excluding carboxylic acids is 1. The van der Waals surface area contributed by atoms with Crippen LogP contribution in [0.3, 0.4) is 0 Å². The Kier molecular flexibility index (Phi) is 6.56. The Morgan fingerprint density at radius 3 is 2.23 bits per heavy atom. The maximum atomic E-state index is 13.3. The van der Waals surface area contributed by atoms with Gasteiger partial charge < -0.3 is 14.4 Å². The summed E-state index contributed by atoms with van der Waals surface area (Å²) in [4.78, 5) is 17.8. The minimum atomic E-state index is -3.85. The van der Waals surface area contributed by atoms with Crippen LogP contribution in [-0.2, 0) is 14.8 Å². The van der Waals surface area contributed by atoms with Crippen molar-refractivity contribution in [3.05, 3.63) is 47.8 Å². The van der Waals surface area contributed by atoms with Gasteiger partial charge in [0, 0.05) is 38.4 Å². The lowest BCUT2D eigenvalue weighted by atomic mass is 10.1. The molecule has 2 heterocycles. The van der Waals surface area contributed by atoms with Gasteiger partial charge in [0.2, 0.25) is 10.0 Å². The second-order valence-electron chi connectivity index (χ2n) is 8.62. The molecule has 0 radical (unpaired) electrons. The van der Waals surface area contributed by atoms with Crippen molar-refractivity contribution >= 4 is 16.1 Å². The minimum absolute atomic E-state index is 0.000114. The summed E-state index contributed by atoms with van der Waals surface area (Å²) in [5.74, 6) is 0.782. The summed E-state index contributed by atoms with van der Waals surface area (Å²) in [7, 11) is -3.85. The van der Waals surface area contributed by atoms with Crippen LogP contribution >= 0.6 is 0 Å². The van der Waals surface area contributed by atoms with E-state index in [2.05, 4.69) is 4.98 Å². The molecule has 0 bridgehead atoms. The van der Waals surface area contributed by atoms with Crippen LogP contribution < -0.4 is 4.74 Å². The molecular formula is C22H29N3O5S. The zero-order valence-electron chi connectivity index (χ0n) is 18.6. The number of hydrogen-bond acceptors (Lipinski definition) is 6. The predicted octanol–water partition coefficient (Wildman–Crippen LogP) is 3.73. The van der Waals surface area contributed by atoms with Crippen LogP contribution in [0.25, 0.3) is 0 Å². The smallest absolute Gasteiger partial charge is 0.410 e. The van der Waals surface area contributed by atoms with Gasteiger partial charge in [-0.3, -0.25) is 4.98 Å². The standard InChI is InChI=1S/C22H29N3O5S/c1-16-12-17(2)14-18(13-16)29-19-6-7-23-15-20(19)31(27,28)25-10-8-24(9-11-25)21(26)30-22(3,4)5/h6-7,12-15H,8-11H2,1-5H3. The first-order chi connectivity index (χ1) is 14.5. The summed E-state index contributed by atoms with van der Waals surface area (Å²) >= 11 is 0. The van der Waals surface area contributed by atoms with Crippen molar-refractivity contribution in [3.63, 3.8) is 0 Å². The molecule has 1 aliphatic heterocycles. The highest BCUT2D eigenvalue weighted by atomic mass is 32.2. The molecule has 0 unspecified atom stereocenters. The molecule has 1 aromatic carbocycles. The highest BCUT2D eigenvalue weighted by molar-refractivity contribution is 7.89. The lowest BCUT2D eigenvalue weighted by molar-refractivity contribution is 0.0192. The van der Waals surface area contributed by atoms with E-state index in [-0.39, 0.29) is 36.8 Å². The van der Waals surface area contributed by atoms with Gasteiger partial charge in [0.1, 0.15) is 16.2 Å². The molecule has 1 saturated heterocycles. The summed E-state index contributed by atoms with van der Waals surface area (Å²) in [5, 5.41) is 0. The molecule has 0 spiro atoms. The molecular weight excluding hydrogens is 418 g/mol. The number of pyridine rings is 1. The number of nitrogens with zero attached hydrogens (tertiary/aromatic N) is 3. The highest BCUT2D eigenvalue weighted by Gasteiger charge is 2.33. The van der Waals surface area contributed by atoms with E-state index in [0.29, 0.717) is 5.75 Å². The topological polar surface area (TPSA) is 89.0 Å². The van der Waals surface area contributed by atoms with Gasteiger partial charge >= 0.3 is 6.09 Å². The molecule has 1 aromatic heterocycles. The van der Waals surface area contributed by atoms with Crippen molar-refractivity contribution < 1.29 is 22.7 Å². The molecule has 9 heteroatoms. The molecule has 0 aliphatic carbocycles. The van der Waals surface area contributed by atoms with E-state index in [9.17, 15) is 13.2 Å². The third-order valence-electron chi connectivity index (χ3n) is 4.68. The number of benzene rings is 1. The van der Waals surface area contributed by atoms with Crippen LogP contribution in [0.1, 0.15) is 31.9 Å². The molecule has 168 valence electrons. The molecule has 0 N–H and O–H groups in total. The van der Waals surface area contributed by atoms with Gasteiger partial charge in [-0.15, -0.1) is 0 Å². The predicted molar refractivity (Wildman–Crippen MR) is 117 cm³/mol. The Morgan fingerprint density at radius 2 is 1.65 bits per heavy atom. The van der Waals surface area contributed by atoms with Crippen molar-refractivity contribution in [3.8, 4) is 11.5 Å². The Bertz CT molecular complexity index is 1030. The van der Waals surface area contributed by atoms with Crippen molar-refractivity contribution in [1.29, 1.82) is 0 Å². The fraction of sp³-hybridized carbons (Fsp3) is 0.455. The molecule has 1 aliphatic rings. The zero-order valence-corrected chi connectivity index (χ0v) is 19.4. The molecule has 1 amide bonds. The number of ether oxygens (including phenoxy) is 2. The summed E-state index contributed by atoms with van der Waals surface area (Å²) in [5.41, 5.74) is 1.44. The van der Waals surface area contributed by atoms with E-state index in [4.69, 9.17) is 9.47 Å². The maximum absolute atomic E-state index is 13.3. The number of aromatic nitrogens is 1. The molecule has 3 rings (SSSR count). The van der Waals surface area contributed by atoms with Gasteiger partial charge in [-0.1, -0.05) is 6.07 Å². The van der Waals surface area contributed by atoms with Crippen LogP contribution in [0.4, 0.5) is 4.79 Å². The SMILES string of the molecule is Cc1cc(C)cc(Oc2ccncc2S(=O)(=O)N2CCN(C(=O)OC(C)(C)C)CC2)c1. The molecule has 1 fully saturated rings. The number of hydrogen-bond donors (Lipinski definition) is 0. The monoisotopic (exact) mass is 447 g/mol. The Balaban J connectivity index is 1.77. The van der Waals surface area contributed by atoms with E-state index in [1.54, 1.807) is 26.8 Å². The lowest BCUT2D eigenvalue weighted by Crippen LogP contribution is -2.51. The first-order valence-corrected chi connectivity index (χ1v) is 11.6. The van der Waals surface area contributed by atoms with Crippen molar-refractivity contribution in [2.24, 2.45) is 0 Å². The number of aryl methyl sites for hydroxylation is 2. The Morgan fingerprint density at radius 1 is 1.03 bits per heavy atom. The summed E-state index contributed by atoms with van der Waals surface area (Å²) in [6.07, 6.45) is 2.36. The fourth-order valence-electron chi connectivity index (χ4n) is 3.34. The van der Waals surface area contributed by atoms with E-state index in [1.165, 1.54) is 21.6 Å². The van der Waals surface area contributed by atoms with E-state index >= 15 is 0 Å². The van der Waals surface area contributed by atoms with Crippen LogP contribution in [0.5, 0.6) is 11.5 Å². The average Bonchev–Trinajstić information content (AvgIpc) is 2.66. The van der Waals surface area contributed by atoms with Crippen LogP contribution in [0.15, 0.2) is 41.6 Å². The highest BCUT2D eigenvalue weighted by Crippen LogP contribution is 2.31. The van der Waals surface area contributed by atoms with Crippen molar-refractivity contribution in [2.75, 3.05) is 26.2 Å². The molecule has 31 heavy (non-hydrogen) atoms. The van der Waals surface area contributed by atoms with Gasteiger partial charge in [-0.2, -0.15) is 4.31 Å². The van der Waals surface area contributed by atoms with Gasteiger partial charge in [0.15, 0.2) is 5.75 Å². The van der Waals surface area contributed by atoms with Crippen molar-refractivity contribution in [1.82, 2.24) is 14.2 Å². The number of carbonyl (C=O) groups is 1. The Labute approximate surface area is 183 Å². The van der Waals surface area contributed by atoms with Gasteiger partial charge in [-0.05, 0) is 57.9 Å². The van der Waals surface area contributed by atoms with Crippen LogP contribution in [0.2, 0.25) is 0 Å². The lowest BCUT2D eigenvalue weighted by Gasteiger charge is -2.35.